The first-order chi connectivity index (χ1) is 13.4. The Hall–Kier alpha value is -3.47. The van der Waals surface area contributed by atoms with E-state index in [0.717, 1.165) is 16.8 Å². The fraction of sp³-hybridized carbons (Fsp3) is 0.300. The minimum atomic E-state index is -1.08. The highest BCUT2D eigenvalue weighted by atomic mass is 19.1. The molecule has 0 bridgehead atoms. The van der Waals surface area contributed by atoms with Gasteiger partial charge in [-0.1, -0.05) is 0 Å². The zero-order valence-corrected chi connectivity index (χ0v) is 15.8. The van der Waals surface area contributed by atoms with Gasteiger partial charge in [0.25, 0.3) is 0 Å². The van der Waals surface area contributed by atoms with Gasteiger partial charge in [-0.05, 0) is 37.1 Å². The Kier molecular flexibility index (Phi) is 4.23. The van der Waals surface area contributed by atoms with Crippen LogP contribution >= 0.6 is 0 Å². The van der Waals surface area contributed by atoms with Gasteiger partial charge in [0, 0.05) is 25.8 Å². The van der Waals surface area contributed by atoms with Gasteiger partial charge in [0.1, 0.15) is 17.5 Å². The highest BCUT2D eigenvalue weighted by Crippen LogP contribution is 2.36. The number of benzene rings is 1. The molecule has 0 spiro atoms. The van der Waals surface area contributed by atoms with Crippen LogP contribution in [0.15, 0.2) is 30.6 Å². The smallest absolute Gasteiger partial charge is 0.231 e. The van der Waals surface area contributed by atoms with E-state index in [1.807, 2.05) is 48.7 Å². The maximum absolute atomic E-state index is 13.2. The number of nitrogens with one attached hydrogen (secondary N) is 1. The monoisotopic (exact) mass is 378 g/mol. The van der Waals surface area contributed by atoms with Crippen molar-refractivity contribution in [3.63, 3.8) is 0 Å². The SMILES string of the molecule is Cc1cc(C#N)ccc1N(C)c1cc2c(ncn2C)c(NC(=O)[C@H]2C[C@H]2F)n1. The normalized spacial score (nSPS) is 18.0. The number of aromatic nitrogens is 3. The van der Waals surface area contributed by atoms with Crippen molar-refractivity contribution in [2.45, 2.75) is 19.5 Å². The Morgan fingerprint density at radius 1 is 1.43 bits per heavy atom. The average Bonchev–Trinajstić information content (AvgIpc) is 3.30. The Bertz CT molecular complexity index is 1130. The van der Waals surface area contributed by atoms with Gasteiger partial charge in [-0.3, -0.25) is 4.79 Å². The molecule has 0 aliphatic heterocycles. The molecule has 28 heavy (non-hydrogen) atoms. The zero-order valence-electron chi connectivity index (χ0n) is 15.8. The summed E-state index contributed by atoms with van der Waals surface area (Å²) in [5, 5.41) is 11.8. The number of aryl methyl sites for hydroxylation is 2. The van der Waals surface area contributed by atoms with Gasteiger partial charge in [-0.2, -0.15) is 5.26 Å². The van der Waals surface area contributed by atoms with Crippen LogP contribution < -0.4 is 10.2 Å². The minimum Gasteiger partial charge on any atom is -0.334 e. The predicted molar refractivity (Wildman–Crippen MR) is 104 cm³/mol. The molecule has 1 aliphatic carbocycles. The van der Waals surface area contributed by atoms with Crippen molar-refractivity contribution in [1.29, 1.82) is 5.26 Å². The molecular formula is C20H19FN6O. The molecule has 4 rings (SSSR count). The van der Waals surface area contributed by atoms with Crippen molar-refractivity contribution >= 4 is 34.3 Å². The summed E-state index contributed by atoms with van der Waals surface area (Å²) in [6, 6.07) is 9.43. The molecular weight excluding hydrogens is 359 g/mol. The van der Waals surface area contributed by atoms with Crippen LogP contribution in [0.5, 0.6) is 0 Å². The molecule has 1 aromatic carbocycles. The molecule has 0 saturated heterocycles. The molecule has 1 amide bonds. The molecule has 2 atom stereocenters. The molecule has 142 valence electrons. The van der Waals surface area contributed by atoms with E-state index in [1.54, 1.807) is 12.4 Å². The Morgan fingerprint density at radius 3 is 2.82 bits per heavy atom. The number of nitriles is 1. The number of carbonyl (C=O) groups excluding carboxylic acids is 1. The Balaban J connectivity index is 1.75. The third-order valence-electron chi connectivity index (χ3n) is 5.02. The first-order valence-electron chi connectivity index (χ1n) is 8.90. The Morgan fingerprint density at radius 2 is 2.18 bits per heavy atom. The lowest BCUT2D eigenvalue weighted by molar-refractivity contribution is -0.117. The maximum atomic E-state index is 13.2. The lowest BCUT2D eigenvalue weighted by Crippen LogP contribution is -2.18. The minimum absolute atomic E-state index is 0.251. The average molecular weight is 378 g/mol. The predicted octanol–water partition coefficient (Wildman–Crippen LogP) is 3.21. The summed E-state index contributed by atoms with van der Waals surface area (Å²) in [5.74, 6) is -0.0637. The van der Waals surface area contributed by atoms with Gasteiger partial charge in [0.05, 0.1) is 29.4 Å². The molecule has 2 aromatic heterocycles. The largest absolute Gasteiger partial charge is 0.334 e. The van der Waals surface area contributed by atoms with Crippen LogP contribution in [-0.4, -0.2) is 33.7 Å². The second-order valence-electron chi connectivity index (χ2n) is 7.07. The molecule has 1 fully saturated rings. The zero-order chi connectivity index (χ0) is 20.0. The number of nitrogens with zero attached hydrogens (tertiary/aromatic N) is 5. The molecule has 0 radical (unpaired) electrons. The molecule has 3 aromatic rings. The van der Waals surface area contributed by atoms with E-state index >= 15 is 0 Å². The van der Waals surface area contributed by atoms with Crippen molar-refractivity contribution in [1.82, 2.24) is 14.5 Å². The fourth-order valence-corrected chi connectivity index (χ4v) is 3.24. The van der Waals surface area contributed by atoms with Crippen LogP contribution in [-0.2, 0) is 11.8 Å². The van der Waals surface area contributed by atoms with E-state index in [4.69, 9.17) is 5.26 Å². The van der Waals surface area contributed by atoms with E-state index in [0.29, 0.717) is 22.7 Å². The van der Waals surface area contributed by atoms with Gasteiger partial charge in [-0.15, -0.1) is 0 Å². The first kappa shape index (κ1) is 17.9. The number of hydrogen-bond acceptors (Lipinski definition) is 5. The number of imidazole rings is 1. The molecule has 0 unspecified atom stereocenters. The van der Waals surface area contributed by atoms with E-state index in [-0.39, 0.29) is 12.3 Å². The fourth-order valence-electron chi connectivity index (χ4n) is 3.24. The lowest BCUT2D eigenvalue weighted by atomic mass is 10.1. The molecule has 2 heterocycles. The summed E-state index contributed by atoms with van der Waals surface area (Å²) in [6.45, 7) is 1.92. The topological polar surface area (TPSA) is 86.8 Å². The van der Waals surface area contributed by atoms with Crippen LogP contribution in [0.25, 0.3) is 11.0 Å². The van der Waals surface area contributed by atoms with E-state index in [9.17, 15) is 9.18 Å². The van der Waals surface area contributed by atoms with Crippen LogP contribution in [0, 0.1) is 24.2 Å². The van der Waals surface area contributed by atoms with Crippen LogP contribution in [0.1, 0.15) is 17.5 Å². The highest BCUT2D eigenvalue weighted by molar-refractivity contribution is 6.01. The third kappa shape index (κ3) is 3.05. The van der Waals surface area contributed by atoms with E-state index in [2.05, 4.69) is 21.4 Å². The van der Waals surface area contributed by atoms with Gasteiger partial charge >= 0.3 is 0 Å². The van der Waals surface area contributed by atoms with Crippen LogP contribution in [0.3, 0.4) is 0 Å². The number of anilines is 3. The second kappa shape index (κ2) is 6.60. The number of pyridine rings is 1. The standard InChI is InChI=1S/C20H19FN6O/c1-11-6-12(9-22)4-5-15(11)27(3)17-8-16-18(23-10-26(16)2)19(24-17)25-20(28)13-7-14(13)21/h4-6,8,10,13-14H,7H2,1-3H3,(H,24,25,28)/t13-,14+/m0/s1. The van der Waals surface area contributed by atoms with Gasteiger partial charge in [0.2, 0.25) is 5.91 Å². The summed E-state index contributed by atoms with van der Waals surface area (Å²) in [7, 11) is 3.72. The van der Waals surface area contributed by atoms with Gasteiger partial charge in [0.15, 0.2) is 5.82 Å². The summed E-state index contributed by atoms with van der Waals surface area (Å²) in [6.07, 6.45) is 0.820. The van der Waals surface area contributed by atoms with E-state index < -0.39 is 12.1 Å². The summed E-state index contributed by atoms with van der Waals surface area (Å²) in [4.78, 5) is 23.0. The second-order valence-corrected chi connectivity index (χ2v) is 7.07. The quantitative estimate of drug-likeness (QED) is 0.753. The number of carbonyl (C=O) groups is 1. The van der Waals surface area contributed by atoms with E-state index in [1.165, 1.54) is 0 Å². The van der Waals surface area contributed by atoms with Crippen molar-refractivity contribution < 1.29 is 9.18 Å². The number of fused-ring (bicyclic) bond motifs is 1. The molecule has 1 saturated carbocycles. The molecule has 1 N–H and O–H groups in total. The Labute approximate surface area is 161 Å². The summed E-state index contributed by atoms with van der Waals surface area (Å²) >= 11 is 0. The molecule has 7 nitrogen and oxygen atoms in total. The molecule has 1 aliphatic rings. The third-order valence-corrected chi connectivity index (χ3v) is 5.02. The number of rotatable bonds is 4. The summed E-state index contributed by atoms with van der Waals surface area (Å²) < 4.78 is 15.1. The maximum Gasteiger partial charge on any atom is 0.231 e. The first-order valence-corrected chi connectivity index (χ1v) is 8.90. The van der Waals surface area contributed by atoms with Gasteiger partial charge < -0.3 is 14.8 Å². The van der Waals surface area contributed by atoms with Crippen LogP contribution in [0.4, 0.5) is 21.7 Å². The van der Waals surface area contributed by atoms with Crippen molar-refractivity contribution in [3.8, 4) is 6.07 Å². The van der Waals surface area contributed by atoms with Crippen LogP contribution in [0.2, 0.25) is 0 Å². The highest BCUT2D eigenvalue weighted by Gasteiger charge is 2.44. The lowest BCUT2D eigenvalue weighted by Gasteiger charge is -2.21. The molecule has 8 heteroatoms. The number of amides is 1. The number of hydrogen-bond donors (Lipinski definition) is 1. The number of halogens is 1. The van der Waals surface area contributed by atoms with Crippen molar-refractivity contribution in [3.05, 3.63) is 41.7 Å². The summed E-state index contributed by atoms with van der Waals surface area (Å²) in [5.41, 5.74) is 3.75. The number of alkyl halides is 1. The van der Waals surface area contributed by atoms with Crippen molar-refractivity contribution in [2.75, 3.05) is 17.3 Å². The van der Waals surface area contributed by atoms with Gasteiger partial charge in [-0.25, -0.2) is 14.4 Å². The van der Waals surface area contributed by atoms with Crippen molar-refractivity contribution in [2.24, 2.45) is 13.0 Å².